The Bertz CT molecular complexity index is 360. The lowest BCUT2D eigenvalue weighted by Gasteiger charge is -2.15. The summed E-state index contributed by atoms with van der Waals surface area (Å²) in [4.78, 5) is 5.68. The number of nitrogens with one attached hydrogen (secondary N) is 2. The molecule has 0 radical (unpaired) electrons. The molecular formula is C11H19N3S2. The SMILES string of the molecule is CCCNC(=S)NC(C)c1sc(C)nc1C. The maximum absolute atomic E-state index is 5.21. The van der Waals surface area contributed by atoms with Crippen molar-refractivity contribution < 1.29 is 0 Å². The summed E-state index contributed by atoms with van der Waals surface area (Å²) in [5.74, 6) is 0. The van der Waals surface area contributed by atoms with Gasteiger partial charge in [0, 0.05) is 11.4 Å². The lowest BCUT2D eigenvalue weighted by Crippen LogP contribution is -2.37. The van der Waals surface area contributed by atoms with Crippen LogP contribution < -0.4 is 10.6 Å². The summed E-state index contributed by atoms with van der Waals surface area (Å²) >= 11 is 6.94. The molecule has 0 aliphatic rings. The Morgan fingerprint density at radius 2 is 2.19 bits per heavy atom. The van der Waals surface area contributed by atoms with Crippen molar-refractivity contribution in [1.29, 1.82) is 0 Å². The molecule has 1 unspecified atom stereocenters. The van der Waals surface area contributed by atoms with Crippen LogP contribution in [0.15, 0.2) is 0 Å². The minimum Gasteiger partial charge on any atom is -0.363 e. The van der Waals surface area contributed by atoms with Gasteiger partial charge >= 0.3 is 0 Å². The number of aromatic nitrogens is 1. The second kappa shape index (κ2) is 6.15. The Labute approximate surface area is 107 Å². The van der Waals surface area contributed by atoms with Crippen LogP contribution in [0.25, 0.3) is 0 Å². The number of aryl methyl sites for hydroxylation is 2. The molecule has 0 saturated heterocycles. The van der Waals surface area contributed by atoms with E-state index in [4.69, 9.17) is 12.2 Å². The summed E-state index contributed by atoms with van der Waals surface area (Å²) in [7, 11) is 0. The quantitative estimate of drug-likeness (QED) is 0.813. The Morgan fingerprint density at radius 3 is 2.69 bits per heavy atom. The zero-order chi connectivity index (χ0) is 12.1. The van der Waals surface area contributed by atoms with Crippen LogP contribution in [0, 0.1) is 13.8 Å². The first-order valence-corrected chi connectivity index (χ1v) is 6.75. The zero-order valence-electron chi connectivity index (χ0n) is 10.3. The van der Waals surface area contributed by atoms with E-state index in [0.717, 1.165) is 28.8 Å². The summed E-state index contributed by atoms with van der Waals surface area (Å²) < 4.78 is 0. The predicted molar refractivity (Wildman–Crippen MR) is 74.0 cm³/mol. The molecule has 1 aromatic heterocycles. The van der Waals surface area contributed by atoms with E-state index in [2.05, 4.69) is 29.5 Å². The number of nitrogens with zero attached hydrogens (tertiary/aromatic N) is 1. The van der Waals surface area contributed by atoms with Crippen molar-refractivity contribution >= 4 is 28.7 Å². The van der Waals surface area contributed by atoms with Gasteiger partial charge in [0.05, 0.1) is 16.7 Å². The van der Waals surface area contributed by atoms with Crippen molar-refractivity contribution in [3.63, 3.8) is 0 Å². The highest BCUT2D eigenvalue weighted by atomic mass is 32.1. The highest BCUT2D eigenvalue weighted by molar-refractivity contribution is 7.80. The highest BCUT2D eigenvalue weighted by Crippen LogP contribution is 2.24. The fourth-order valence-electron chi connectivity index (χ4n) is 1.50. The number of thiocarbonyl (C=S) groups is 1. The number of thiazole rings is 1. The van der Waals surface area contributed by atoms with Gasteiger partial charge in [-0.05, 0) is 39.4 Å². The van der Waals surface area contributed by atoms with Crippen molar-refractivity contribution in [3.8, 4) is 0 Å². The van der Waals surface area contributed by atoms with Gasteiger partial charge < -0.3 is 10.6 Å². The summed E-state index contributed by atoms with van der Waals surface area (Å²) in [6.45, 7) is 9.22. The topological polar surface area (TPSA) is 37.0 Å². The van der Waals surface area contributed by atoms with E-state index in [1.165, 1.54) is 4.88 Å². The number of hydrogen-bond donors (Lipinski definition) is 2. The molecule has 3 nitrogen and oxygen atoms in total. The molecule has 1 atom stereocenters. The van der Waals surface area contributed by atoms with Gasteiger partial charge in [-0.25, -0.2) is 4.98 Å². The molecule has 16 heavy (non-hydrogen) atoms. The van der Waals surface area contributed by atoms with Crippen LogP contribution in [0.3, 0.4) is 0 Å². The minimum absolute atomic E-state index is 0.225. The van der Waals surface area contributed by atoms with E-state index < -0.39 is 0 Å². The first-order chi connectivity index (χ1) is 7.54. The van der Waals surface area contributed by atoms with Gasteiger partial charge in [0.25, 0.3) is 0 Å². The maximum Gasteiger partial charge on any atom is 0.166 e. The van der Waals surface area contributed by atoms with Crippen LogP contribution >= 0.6 is 23.6 Å². The third-order valence-corrected chi connectivity index (χ3v) is 3.73. The lowest BCUT2D eigenvalue weighted by molar-refractivity contribution is 0.700. The Balaban J connectivity index is 2.55. The molecule has 1 heterocycles. The van der Waals surface area contributed by atoms with Gasteiger partial charge in [-0.1, -0.05) is 6.92 Å². The average Bonchev–Trinajstić information content (AvgIpc) is 2.54. The monoisotopic (exact) mass is 257 g/mol. The first kappa shape index (κ1) is 13.4. The van der Waals surface area contributed by atoms with Crippen molar-refractivity contribution in [2.75, 3.05) is 6.54 Å². The molecule has 90 valence electrons. The van der Waals surface area contributed by atoms with Crippen LogP contribution in [-0.2, 0) is 0 Å². The van der Waals surface area contributed by atoms with E-state index in [0.29, 0.717) is 0 Å². The second-order valence-corrected chi connectivity index (χ2v) is 5.45. The largest absolute Gasteiger partial charge is 0.363 e. The van der Waals surface area contributed by atoms with Crippen molar-refractivity contribution in [1.82, 2.24) is 15.6 Å². The van der Waals surface area contributed by atoms with Crippen LogP contribution in [0.4, 0.5) is 0 Å². The molecule has 1 rings (SSSR count). The van der Waals surface area contributed by atoms with Gasteiger partial charge in [-0.15, -0.1) is 11.3 Å². The fraction of sp³-hybridized carbons (Fsp3) is 0.636. The minimum atomic E-state index is 0.225. The van der Waals surface area contributed by atoms with Crippen LogP contribution in [-0.4, -0.2) is 16.6 Å². The van der Waals surface area contributed by atoms with Crippen molar-refractivity contribution in [2.24, 2.45) is 0 Å². The van der Waals surface area contributed by atoms with E-state index >= 15 is 0 Å². The first-order valence-electron chi connectivity index (χ1n) is 5.52. The van der Waals surface area contributed by atoms with Gasteiger partial charge in [0.2, 0.25) is 0 Å². The second-order valence-electron chi connectivity index (χ2n) is 3.80. The van der Waals surface area contributed by atoms with Gasteiger partial charge in [-0.3, -0.25) is 0 Å². The summed E-state index contributed by atoms with van der Waals surface area (Å²) in [5.41, 5.74) is 1.10. The van der Waals surface area contributed by atoms with Crippen LogP contribution in [0.5, 0.6) is 0 Å². The van der Waals surface area contributed by atoms with Gasteiger partial charge in [0.15, 0.2) is 5.11 Å². The molecule has 2 N–H and O–H groups in total. The van der Waals surface area contributed by atoms with Crippen molar-refractivity contribution in [2.45, 2.75) is 40.2 Å². The Kier molecular flexibility index (Phi) is 5.15. The molecule has 0 bridgehead atoms. The zero-order valence-corrected chi connectivity index (χ0v) is 11.9. The number of hydrogen-bond acceptors (Lipinski definition) is 3. The lowest BCUT2D eigenvalue weighted by atomic mass is 10.2. The van der Waals surface area contributed by atoms with Crippen LogP contribution in [0.2, 0.25) is 0 Å². The standard InChI is InChI=1S/C11H19N3S2/c1-5-6-12-11(15)14-8(3)10-7(2)13-9(4)16-10/h8H,5-6H2,1-4H3,(H2,12,14,15). The fourth-order valence-corrected chi connectivity index (χ4v) is 2.71. The van der Waals surface area contributed by atoms with Crippen LogP contribution in [0.1, 0.15) is 41.9 Å². The molecule has 5 heteroatoms. The molecular weight excluding hydrogens is 238 g/mol. The number of rotatable bonds is 4. The van der Waals surface area contributed by atoms with E-state index in [1.807, 2.05) is 13.8 Å². The molecule has 0 aliphatic heterocycles. The highest BCUT2D eigenvalue weighted by Gasteiger charge is 2.13. The molecule has 0 aromatic carbocycles. The average molecular weight is 257 g/mol. The summed E-state index contributed by atoms with van der Waals surface area (Å²) in [6.07, 6.45) is 1.08. The van der Waals surface area contributed by atoms with E-state index in [9.17, 15) is 0 Å². The third-order valence-electron chi connectivity index (χ3n) is 2.22. The third kappa shape index (κ3) is 3.72. The summed E-state index contributed by atoms with van der Waals surface area (Å²) in [5, 5.41) is 8.27. The molecule has 0 spiro atoms. The van der Waals surface area contributed by atoms with Crippen molar-refractivity contribution in [3.05, 3.63) is 15.6 Å². The molecule has 0 fully saturated rings. The normalized spacial score (nSPS) is 12.2. The Hall–Kier alpha value is -0.680. The maximum atomic E-state index is 5.21. The van der Waals surface area contributed by atoms with E-state index in [1.54, 1.807) is 11.3 Å². The smallest absolute Gasteiger partial charge is 0.166 e. The molecule has 1 aromatic rings. The summed E-state index contributed by atoms with van der Waals surface area (Å²) in [6, 6.07) is 0.225. The molecule has 0 amide bonds. The molecule has 0 saturated carbocycles. The van der Waals surface area contributed by atoms with E-state index in [-0.39, 0.29) is 6.04 Å². The Morgan fingerprint density at radius 1 is 1.50 bits per heavy atom. The van der Waals surface area contributed by atoms with Gasteiger partial charge in [-0.2, -0.15) is 0 Å². The van der Waals surface area contributed by atoms with Gasteiger partial charge in [0.1, 0.15) is 0 Å². The molecule has 0 aliphatic carbocycles. The predicted octanol–water partition coefficient (Wildman–Crippen LogP) is 2.70.